The molecule has 2 atom stereocenters. The van der Waals surface area contributed by atoms with Gasteiger partial charge in [-0.2, -0.15) is 0 Å². The highest BCUT2D eigenvalue weighted by atomic mass is 16.5. The van der Waals surface area contributed by atoms with E-state index in [0.717, 1.165) is 11.3 Å². The third-order valence-electron chi connectivity index (χ3n) is 4.58. The highest BCUT2D eigenvalue weighted by Gasteiger charge is 2.40. The first-order chi connectivity index (χ1) is 11.1. The molecule has 2 aromatic rings. The Morgan fingerprint density at radius 3 is 2.70 bits per heavy atom. The Labute approximate surface area is 132 Å². The molecule has 0 bridgehead atoms. The molecule has 0 unspecified atom stereocenters. The summed E-state index contributed by atoms with van der Waals surface area (Å²) in [6.07, 6.45) is 0. The zero-order chi connectivity index (χ0) is 16.1. The van der Waals surface area contributed by atoms with Gasteiger partial charge in [-0.05, 0) is 19.9 Å². The largest absolute Gasteiger partial charge is 0.493 e. The number of ether oxygens (including phenoxy) is 2. The summed E-state index contributed by atoms with van der Waals surface area (Å²) in [5.74, 6) is 1.05. The van der Waals surface area contributed by atoms with Crippen LogP contribution in [-0.4, -0.2) is 22.8 Å². The van der Waals surface area contributed by atoms with Crippen molar-refractivity contribution in [1.82, 2.24) is 9.55 Å². The summed E-state index contributed by atoms with van der Waals surface area (Å²) in [4.78, 5) is 27.9. The predicted octanol–water partition coefficient (Wildman–Crippen LogP) is 1.65. The topological polar surface area (TPSA) is 73.3 Å². The van der Waals surface area contributed by atoms with E-state index in [-0.39, 0.29) is 23.4 Å². The molecule has 23 heavy (non-hydrogen) atoms. The van der Waals surface area contributed by atoms with Gasteiger partial charge in [0.25, 0.3) is 5.56 Å². The van der Waals surface area contributed by atoms with Crippen LogP contribution in [0.4, 0.5) is 0 Å². The molecular formula is C17H18N2O4. The minimum Gasteiger partial charge on any atom is -0.493 e. The zero-order valence-electron chi connectivity index (χ0n) is 13.0. The van der Waals surface area contributed by atoms with Crippen molar-refractivity contribution in [3.63, 3.8) is 0 Å². The van der Waals surface area contributed by atoms with Crippen molar-refractivity contribution in [1.29, 1.82) is 0 Å². The quantitative estimate of drug-likeness (QED) is 0.868. The lowest BCUT2D eigenvalue weighted by atomic mass is 9.79. The Hall–Kier alpha value is -2.50. The molecule has 6 heteroatoms. The van der Waals surface area contributed by atoms with E-state index >= 15 is 0 Å². The van der Waals surface area contributed by atoms with Crippen LogP contribution in [0.15, 0.2) is 33.9 Å². The Kier molecular flexibility index (Phi) is 3.07. The van der Waals surface area contributed by atoms with Crippen LogP contribution in [-0.2, 0) is 0 Å². The van der Waals surface area contributed by atoms with Gasteiger partial charge in [-0.3, -0.25) is 14.3 Å². The van der Waals surface area contributed by atoms with Gasteiger partial charge in [0.05, 0.1) is 18.8 Å². The van der Waals surface area contributed by atoms with Crippen molar-refractivity contribution in [2.75, 3.05) is 13.2 Å². The normalized spacial score (nSPS) is 21.7. The van der Waals surface area contributed by atoms with Gasteiger partial charge in [0.1, 0.15) is 5.75 Å². The first kappa shape index (κ1) is 14.1. The number of fused-ring (bicyclic) bond motifs is 5. The Bertz CT molecular complexity index is 881. The Morgan fingerprint density at radius 1 is 1.17 bits per heavy atom. The summed E-state index contributed by atoms with van der Waals surface area (Å²) in [5.41, 5.74) is 0.811. The maximum Gasteiger partial charge on any atom is 0.331 e. The van der Waals surface area contributed by atoms with Crippen molar-refractivity contribution in [3.8, 4) is 11.6 Å². The number of hydrogen-bond donors (Lipinski definition) is 1. The second kappa shape index (κ2) is 5.01. The van der Waals surface area contributed by atoms with Crippen molar-refractivity contribution in [2.24, 2.45) is 5.92 Å². The van der Waals surface area contributed by atoms with Crippen LogP contribution in [0.3, 0.4) is 0 Å². The smallest absolute Gasteiger partial charge is 0.331 e. The minimum absolute atomic E-state index is 0.0663. The molecule has 1 N–H and O–H groups in total. The summed E-state index contributed by atoms with van der Waals surface area (Å²) in [6, 6.07) is 7.52. The van der Waals surface area contributed by atoms with E-state index in [0.29, 0.717) is 24.7 Å². The third-order valence-corrected chi connectivity index (χ3v) is 4.58. The van der Waals surface area contributed by atoms with Crippen molar-refractivity contribution >= 4 is 0 Å². The number of aromatic amines is 1. The SMILES string of the molecule is CC(C)n1c(=O)[nH]c2c(c1=O)[C@H]1c3ccccc3OC[C@@H]1CO2. The standard InChI is InChI=1S/C17H18N2O4/c1-9(2)19-16(20)14-13-10(8-23-15(14)18-17(19)21)7-22-12-6-4-3-5-11(12)13/h3-6,9-10,13H,7-8H2,1-2H3,(H,18,21)/t10-,13-/m1/s1. The molecular weight excluding hydrogens is 296 g/mol. The summed E-state index contributed by atoms with van der Waals surface area (Å²) < 4.78 is 12.7. The fourth-order valence-electron chi connectivity index (χ4n) is 3.54. The molecule has 4 rings (SSSR count). The molecule has 2 aliphatic heterocycles. The Morgan fingerprint density at radius 2 is 1.91 bits per heavy atom. The lowest BCUT2D eigenvalue weighted by Crippen LogP contribution is -2.45. The maximum absolute atomic E-state index is 13.0. The van der Waals surface area contributed by atoms with Gasteiger partial charge in [0.15, 0.2) is 0 Å². The average molecular weight is 314 g/mol. The van der Waals surface area contributed by atoms with E-state index in [1.807, 2.05) is 38.1 Å². The molecule has 2 aliphatic rings. The van der Waals surface area contributed by atoms with Crippen LogP contribution >= 0.6 is 0 Å². The molecule has 3 heterocycles. The van der Waals surface area contributed by atoms with Crippen LogP contribution in [0.2, 0.25) is 0 Å². The molecule has 120 valence electrons. The molecule has 0 spiro atoms. The van der Waals surface area contributed by atoms with E-state index in [4.69, 9.17) is 9.47 Å². The van der Waals surface area contributed by atoms with Crippen LogP contribution in [0.5, 0.6) is 11.6 Å². The van der Waals surface area contributed by atoms with E-state index in [1.165, 1.54) is 4.57 Å². The number of hydrogen-bond acceptors (Lipinski definition) is 4. The maximum atomic E-state index is 13.0. The number of H-pyrrole nitrogens is 1. The van der Waals surface area contributed by atoms with Gasteiger partial charge in [0, 0.05) is 23.4 Å². The number of benzene rings is 1. The molecule has 0 radical (unpaired) electrons. The van der Waals surface area contributed by atoms with Gasteiger partial charge in [0.2, 0.25) is 5.88 Å². The molecule has 0 saturated carbocycles. The molecule has 1 aromatic carbocycles. The first-order valence-electron chi connectivity index (χ1n) is 7.81. The number of nitrogens with one attached hydrogen (secondary N) is 1. The molecule has 0 amide bonds. The van der Waals surface area contributed by atoms with Crippen molar-refractivity contribution < 1.29 is 9.47 Å². The van der Waals surface area contributed by atoms with Crippen LogP contribution < -0.4 is 20.7 Å². The number of rotatable bonds is 1. The van der Waals surface area contributed by atoms with Crippen LogP contribution in [0.25, 0.3) is 0 Å². The van der Waals surface area contributed by atoms with E-state index in [9.17, 15) is 9.59 Å². The molecule has 0 saturated heterocycles. The van der Waals surface area contributed by atoms with Gasteiger partial charge in [-0.1, -0.05) is 18.2 Å². The highest BCUT2D eigenvalue weighted by Crippen LogP contribution is 2.44. The third kappa shape index (κ3) is 2.01. The monoisotopic (exact) mass is 314 g/mol. The van der Waals surface area contributed by atoms with Gasteiger partial charge in [-0.25, -0.2) is 4.79 Å². The van der Waals surface area contributed by atoms with Crippen LogP contribution in [0, 0.1) is 5.92 Å². The van der Waals surface area contributed by atoms with Crippen LogP contribution in [0.1, 0.15) is 36.9 Å². The fourth-order valence-corrected chi connectivity index (χ4v) is 3.54. The van der Waals surface area contributed by atoms with Crippen molar-refractivity contribution in [3.05, 3.63) is 56.2 Å². The summed E-state index contributed by atoms with van der Waals surface area (Å²) >= 11 is 0. The summed E-state index contributed by atoms with van der Waals surface area (Å²) in [6.45, 7) is 4.57. The lowest BCUT2D eigenvalue weighted by molar-refractivity contribution is 0.120. The minimum atomic E-state index is -0.428. The number of aromatic nitrogens is 2. The molecule has 0 aliphatic carbocycles. The molecule has 0 fully saturated rings. The van der Waals surface area contributed by atoms with Gasteiger partial charge < -0.3 is 9.47 Å². The van der Waals surface area contributed by atoms with E-state index in [2.05, 4.69) is 4.98 Å². The first-order valence-corrected chi connectivity index (χ1v) is 7.81. The second-order valence-electron chi connectivity index (χ2n) is 6.34. The average Bonchev–Trinajstić information content (AvgIpc) is 2.53. The Balaban J connectivity index is 2.00. The van der Waals surface area contributed by atoms with Gasteiger partial charge in [-0.15, -0.1) is 0 Å². The lowest BCUT2D eigenvalue weighted by Gasteiger charge is -2.37. The fraction of sp³-hybridized carbons (Fsp3) is 0.412. The van der Waals surface area contributed by atoms with E-state index in [1.54, 1.807) is 0 Å². The van der Waals surface area contributed by atoms with Crippen molar-refractivity contribution in [2.45, 2.75) is 25.8 Å². The summed E-state index contributed by atoms with van der Waals surface area (Å²) in [7, 11) is 0. The second-order valence-corrected chi connectivity index (χ2v) is 6.34. The van der Waals surface area contributed by atoms with E-state index < -0.39 is 5.69 Å². The zero-order valence-corrected chi connectivity index (χ0v) is 13.0. The van der Waals surface area contributed by atoms with Gasteiger partial charge >= 0.3 is 5.69 Å². The number of nitrogens with zero attached hydrogens (tertiary/aromatic N) is 1. The molecule has 1 aromatic heterocycles. The highest BCUT2D eigenvalue weighted by molar-refractivity contribution is 5.47. The summed E-state index contributed by atoms with van der Waals surface area (Å²) in [5, 5.41) is 0. The number of para-hydroxylation sites is 1. The predicted molar refractivity (Wildman–Crippen MR) is 84.5 cm³/mol. The molecule has 6 nitrogen and oxygen atoms in total.